The van der Waals surface area contributed by atoms with E-state index < -0.39 is 24.0 Å². The van der Waals surface area contributed by atoms with Gasteiger partial charge >= 0.3 is 37.7 Å². The molecule has 0 aromatic carbocycles. The summed E-state index contributed by atoms with van der Waals surface area (Å²) in [6.45, 7) is 4.61. The Balaban J connectivity index is 0.000000256. The predicted octanol–water partition coefficient (Wildman–Crippen LogP) is 6.12. The van der Waals surface area contributed by atoms with Crippen LogP contribution in [-0.2, 0) is 28.8 Å². The first-order valence-electron chi connectivity index (χ1n) is 22.6. The van der Waals surface area contributed by atoms with Gasteiger partial charge in [0.25, 0.3) is 0 Å². The number of carbonyl (C=O) groups excluding carboxylic acids is 6. The summed E-state index contributed by atoms with van der Waals surface area (Å²) in [5, 5.41) is 25.3. The number of carboxylic acid groups (broad SMARTS) is 2. The molecule has 0 radical (unpaired) electrons. The standard InChI is InChI=1S/2C22H35NO4S2.Ca/c2*1-15(14-28-22(27)16-8-4-2-5-9-16)20(24)23-13-18(12-19(23)21(25)26)29-17-10-6-3-7-11-17;/h2*15-19H,2-14H2,1H3,(H,25,26);/q;;+2/p-2. The van der Waals surface area contributed by atoms with Gasteiger partial charge in [0.2, 0.25) is 11.8 Å². The maximum atomic E-state index is 13.0. The number of likely N-dealkylation sites (tertiary alicyclic amines) is 2. The Hall–Kier alpha value is -0.120. The second-order valence-electron chi connectivity index (χ2n) is 17.9. The van der Waals surface area contributed by atoms with E-state index in [0.29, 0.717) is 47.9 Å². The monoisotopic (exact) mass is 920 g/mol. The molecule has 15 heteroatoms. The summed E-state index contributed by atoms with van der Waals surface area (Å²) in [7, 11) is 0. The fourth-order valence-corrected chi connectivity index (χ4v) is 15.1. The molecule has 2 saturated heterocycles. The maximum absolute atomic E-state index is 13.0. The fourth-order valence-electron chi connectivity index (χ4n) is 9.71. The van der Waals surface area contributed by atoms with Crippen molar-refractivity contribution >= 4 is 119 Å². The Kier molecular flexibility index (Phi) is 23.2. The number of thioether (sulfide) groups is 4. The molecule has 6 aliphatic rings. The molecule has 0 bridgehead atoms. The Labute approximate surface area is 400 Å². The van der Waals surface area contributed by atoms with Crippen molar-refractivity contribution < 1.29 is 39.0 Å². The van der Waals surface area contributed by atoms with Crippen LogP contribution in [0.2, 0.25) is 0 Å². The van der Waals surface area contributed by atoms with E-state index in [2.05, 4.69) is 0 Å². The van der Waals surface area contributed by atoms with E-state index in [-0.39, 0.29) is 94.0 Å². The normalized spacial score (nSPS) is 27.2. The van der Waals surface area contributed by atoms with Crippen LogP contribution in [0, 0.1) is 23.7 Å². The van der Waals surface area contributed by atoms with E-state index in [1.54, 1.807) is 0 Å². The van der Waals surface area contributed by atoms with Crippen LogP contribution >= 0.6 is 47.0 Å². The molecule has 6 fully saturated rings. The summed E-state index contributed by atoms with van der Waals surface area (Å²) in [5.74, 6) is -2.16. The van der Waals surface area contributed by atoms with E-state index >= 15 is 0 Å². The van der Waals surface area contributed by atoms with Crippen molar-refractivity contribution in [1.29, 1.82) is 0 Å². The number of carboxylic acids is 2. The predicted molar refractivity (Wildman–Crippen MR) is 239 cm³/mol. The third-order valence-electron chi connectivity index (χ3n) is 13.2. The number of carbonyl (C=O) groups is 6. The van der Waals surface area contributed by atoms with Gasteiger partial charge in [-0.1, -0.05) is 114 Å². The van der Waals surface area contributed by atoms with Gasteiger partial charge in [-0.2, -0.15) is 23.5 Å². The van der Waals surface area contributed by atoms with Gasteiger partial charge in [-0.3, -0.25) is 19.2 Å². The molecule has 2 amide bonds. The van der Waals surface area contributed by atoms with Crippen LogP contribution in [0.1, 0.15) is 155 Å². The van der Waals surface area contributed by atoms with Gasteiger partial charge in [0, 0.05) is 69.3 Å². The van der Waals surface area contributed by atoms with E-state index in [0.717, 1.165) is 51.4 Å². The zero-order chi connectivity index (χ0) is 41.6. The van der Waals surface area contributed by atoms with E-state index in [9.17, 15) is 39.0 Å². The van der Waals surface area contributed by atoms with Gasteiger partial charge in [0.15, 0.2) is 10.2 Å². The number of hydrogen-bond donors (Lipinski definition) is 0. The van der Waals surface area contributed by atoms with Crippen LogP contribution in [0.3, 0.4) is 0 Å². The molecule has 2 aliphatic heterocycles. The van der Waals surface area contributed by atoms with Crippen LogP contribution in [0.5, 0.6) is 0 Å². The van der Waals surface area contributed by atoms with Gasteiger partial charge in [-0.25, -0.2) is 0 Å². The van der Waals surface area contributed by atoms with Gasteiger partial charge in [-0.05, 0) is 64.2 Å². The Bertz CT molecular complexity index is 1280. The number of nitrogens with zero attached hydrogens (tertiary/aromatic N) is 2. The first kappa shape index (κ1) is 51.5. The third kappa shape index (κ3) is 16.1. The second-order valence-corrected chi connectivity index (χ2v) is 23.2. The quantitative estimate of drug-likeness (QED) is 0.185. The Morgan fingerprint density at radius 3 is 1.10 bits per heavy atom. The smallest absolute Gasteiger partial charge is 0.548 e. The molecule has 10 nitrogen and oxygen atoms in total. The molecule has 0 aromatic heterocycles. The topological polar surface area (TPSA) is 155 Å². The Morgan fingerprint density at radius 1 is 0.492 bits per heavy atom. The molecular weight excluding hydrogens is 853 g/mol. The molecule has 6 atom stereocenters. The minimum Gasteiger partial charge on any atom is -0.548 e. The molecule has 0 aromatic rings. The summed E-state index contributed by atoms with van der Waals surface area (Å²) in [6.07, 6.45) is 24.1. The average molecular weight is 921 g/mol. The number of rotatable bonds is 14. The fraction of sp³-hybridized carbons (Fsp3) is 0.864. The first-order chi connectivity index (χ1) is 27.9. The molecule has 2 heterocycles. The summed E-state index contributed by atoms with van der Waals surface area (Å²) < 4.78 is 0. The maximum Gasteiger partial charge on any atom is 2.00 e. The van der Waals surface area contributed by atoms with E-state index in [1.807, 2.05) is 37.4 Å². The van der Waals surface area contributed by atoms with Crippen LogP contribution in [-0.4, -0.2) is 139 Å². The average Bonchev–Trinajstić information content (AvgIpc) is 3.87. The van der Waals surface area contributed by atoms with Gasteiger partial charge in [0.05, 0.1) is 24.0 Å². The van der Waals surface area contributed by atoms with Crippen molar-refractivity contribution in [2.24, 2.45) is 23.7 Å². The van der Waals surface area contributed by atoms with Crippen LogP contribution in [0.4, 0.5) is 0 Å². The molecule has 6 unspecified atom stereocenters. The molecule has 0 N–H and O–H groups in total. The molecule has 6 rings (SSSR count). The molecule has 328 valence electrons. The number of aliphatic carboxylic acids is 2. The molecule has 59 heavy (non-hydrogen) atoms. The SMILES string of the molecule is CC(CSC(=O)C1CCCCC1)C(=O)N1CC(SC2CCCCC2)CC1C(=O)[O-].CC(CSC(=O)C1CCCCC1)C(=O)N1CC(SC2CCCCC2)CC1C(=O)[O-].[Ca+2]. The van der Waals surface area contributed by atoms with Crippen molar-refractivity contribution in [2.75, 3.05) is 24.6 Å². The minimum atomic E-state index is -1.15. The van der Waals surface area contributed by atoms with Crippen LogP contribution < -0.4 is 10.2 Å². The summed E-state index contributed by atoms with van der Waals surface area (Å²) in [5.41, 5.74) is 0. The van der Waals surface area contributed by atoms with E-state index in [1.165, 1.54) is 110 Å². The molecule has 0 spiro atoms. The van der Waals surface area contributed by atoms with Gasteiger partial charge < -0.3 is 29.6 Å². The van der Waals surface area contributed by atoms with Crippen LogP contribution in [0.15, 0.2) is 0 Å². The number of hydrogen-bond acceptors (Lipinski definition) is 12. The third-order valence-corrected chi connectivity index (χ3v) is 18.9. The van der Waals surface area contributed by atoms with E-state index in [4.69, 9.17) is 0 Å². The molecule has 4 saturated carbocycles. The van der Waals surface area contributed by atoms with Crippen LogP contribution in [0.25, 0.3) is 0 Å². The molecular formula is C44H68CaN2O8S4. The largest absolute Gasteiger partial charge is 2.00 e. The molecule has 4 aliphatic carbocycles. The van der Waals surface area contributed by atoms with Crippen molar-refractivity contribution in [3.8, 4) is 0 Å². The first-order valence-corrected chi connectivity index (χ1v) is 26.4. The zero-order valence-corrected chi connectivity index (χ0v) is 41.1. The summed E-state index contributed by atoms with van der Waals surface area (Å²) in [4.78, 5) is 77.2. The van der Waals surface area contributed by atoms with Crippen molar-refractivity contribution in [3.05, 3.63) is 0 Å². The summed E-state index contributed by atoms with van der Waals surface area (Å²) >= 11 is 6.27. The van der Waals surface area contributed by atoms with Crippen molar-refractivity contribution in [1.82, 2.24) is 9.80 Å². The van der Waals surface area contributed by atoms with Gasteiger partial charge in [-0.15, -0.1) is 0 Å². The zero-order valence-electron chi connectivity index (χ0n) is 35.7. The van der Waals surface area contributed by atoms with Crippen molar-refractivity contribution in [3.63, 3.8) is 0 Å². The Morgan fingerprint density at radius 2 is 0.797 bits per heavy atom. The van der Waals surface area contributed by atoms with Crippen molar-refractivity contribution in [2.45, 2.75) is 188 Å². The minimum absolute atomic E-state index is 0. The number of amides is 2. The van der Waals surface area contributed by atoms with Gasteiger partial charge in [0.1, 0.15) is 0 Å². The summed E-state index contributed by atoms with van der Waals surface area (Å²) in [6, 6.07) is -1.66. The second kappa shape index (κ2) is 26.6.